The van der Waals surface area contributed by atoms with Crippen LogP contribution in [0.3, 0.4) is 0 Å². The number of hydrogen-bond donors (Lipinski definition) is 0. The van der Waals surface area contributed by atoms with E-state index in [2.05, 4.69) is 15.9 Å². The Balaban J connectivity index is 2.00. The molecule has 0 bridgehead atoms. The molecule has 0 fully saturated rings. The van der Waals surface area contributed by atoms with Crippen LogP contribution in [0.15, 0.2) is 34.8 Å². The second kappa shape index (κ2) is 7.16. The van der Waals surface area contributed by atoms with Crippen molar-refractivity contribution in [3.05, 3.63) is 56.5 Å². The van der Waals surface area contributed by atoms with Gasteiger partial charge in [-0.1, -0.05) is 27.5 Å². The predicted octanol–water partition coefficient (Wildman–Crippen LogP) is 5.01. The van der Waals surface area contributed by atoms with E-state index < -0.39 is 5.97 Å². The lowest BCUT2D eigenvalue weighted by Crippen LogP contribution is -2.18. The van der Waals surface area contributed by atoms with Crippen molar-refractivity contribution in [1.82, 2.24) is 0 Å². The Labute approximate surface area is 143 Å². The maximum atomic E-state index is 11.9. The number of carbonyl (C=O) groups excluding carboxylic acids is 1. The molecule has 0 amide bonds. The van der Waals surface area contributed by atoms with Crippen LogP contribution in [0.4, 0.5) is 0 Å². The first kappa shape index (κ1) is 16.8. The molecule has 0 unspecified atom stereocenters. The Morgan fingerprint density at radius 3 is 2.32 bits per heavy atom. The fourth-order valence-corrected chi connectivity index (χ4v) is 2.90. The molecule has 0 aliphatic carbocycles. The van der Waals surface area contributed by atoms with Crippen LogP contribution in [0.1, 0.15) is 16.7 Å². The SMILES string of the molecule is Cc1cc(OC(=O)COc2c(C)cc(Br)cc2C)ccc1Cl. The molecule has 0 atom stereocenters. The van der Waals surface area contributed by atoms with Gasteiger partial charge in [-0.3, -0.25) is 0 Å². The highest BCUT2D eigenvalue weighted by molar-refractivity contribution is 9.10. The van der Waals surface area contributed by atoms with Gasteiger partial charge in [0.1, 0.15) is 11.5 Å². The normalized spacial score (nSPS) is 10.4. The zero-order valence-corrected chi connectivity index (χ0v) is 14.9. The van der Waals surface area contributed by atoms with Gasteiger partial charge in [0.15, 0.2) is 6.61 Å². The maximum Gasteiger partial charge on any atom is 0.349 e. The molecule has 0 aliphatic heterocycles. The second-order valence-electron chi connectivity index (χ2n) is 5.04. The van der Waals surface area contributed by atoms with E-state index in [4.69, 9.17) is 21.1 Å². The van der Waals surface area contributed by atoms with Crippen LogP contribution < -0.4 is 9.47 Å². The Morgan fingerprint density at radius 2 is 1.73 bits per heavy atom. The largest absolute Gasteiger partial charge is 0.481 e. The van der Waals surface area contributed by atoms with E-state index in [1.807, 2.05) is 32.9 Å². The molecular weight excluding hydrogens is 368 g/mol. The summed E-state index contributed by atoms with van der Waals surface area (Å²) in [5.74, 6) is 0.704. The Bertz CT molecular complexity index is 690. The number of esters is 1. The summed E-state index contributed by atoms with van der Waals surface area (Å²) in [6, 6.07) is 8.95. The fourth-order valence-electron chi connectivity index (χ4n) is 2.10. The predicted molar refractivity (Wildman–Crippen MR) is 90.9 cm³/mol. The third kappa shape index (κ3) is 4.24. The third-order valence-corrected chi connectivity index (χ3v) is 4.00. The van der Waals surface area contributed by atoms with Gasteiger partial charge in [0, 0.05) is 9.50 Å². The van der Waals surface area contributed by atoms with Gasteiger partial charge in [0.2, 0.25) is 0 Å². The highest BCUT2D eigenvalue weighted by atomic mass is 79.9. The third-order valence-electron chi connectivity index (χ3n) is 3.12. The zero-order chi connectivity index (χ0) is 16.3. The van der Waals surface area contributed by atoms with Crippen LogP contribution in [0.25, 0.3) is 0 Å². The first-order valence-electron chi connectivity index (χ1n) is 6.73. The molecule has 2 aromatic rings. The summed E-state index contributed by atoms with van der Waals surface area (Å²) in [6.45, 7) is 5.57. The summed E-state index contributed by atoms with van der Waals surface area (Å²) < 4.78 is 11.8. The van der Waals surface area contributed by atoms with E-state index in [9.17, 15) is 4.79 Å². The molecular formula is C17H16BrClO3. The van der Waals surface area contributed by atoms with E-state index >= 15 is 0 Å². The van der Waals surface area contributed by atoms with Crippen molar-refractivity contribution in [2.45, 2.75) is 20.8 Å². The van der Waals surface area contributed by atoms with Crippen LogP contribution in [0, 0.1) is 20.8 Å². The van der Waals surface area contributed by atoms with Crippen LogP contribution in [0.2, 0.25) is 5.02 Å². The van der Waals surface area contributed by atoms with Gasteiger partial charge in [-0.05, 0) is 67.8 Å². The topological polar surface area (TPSA) is 35.5 Å². The first-order chi connectivity index (χ1) is 10.4. The molecule has 3 nitrogen and oxygen atoms in total. The van der Waals surface area contributed by atoms with Gasteiger partial charge in [-0.15, -0.1) is 0 Å². The molecule has 0 radical (unpaired) electrons. The van der Waals surface area contributed by atoms with Crippen LogP contribution in [0.5, 0.6) is 11.5 Å². The molecule has 0 aliphatic rings. The van der Waals surface area contributed by atoms with Crippen LogP contribution in [-0.2, 0) is 4.79 Å². The molecule has 0 saturated carbocycles. The highest BCUT2D eigenvalue weighted by Crippen LogP contribution is 2.27. The molecule has 0 aromatic heterocycles. The van der Waals surface area contributed by atoms with Crippen molar-refractivity contribution in [2.24, 2.45) is 0 Å². The van der Waals surface area contributed by atoms with Crippen LogP contribution in [-0.4, -0.2) is 12.6 Å². The first-order valence-corrected chi connectivity index (χ1v) is 7.90. The zero-order valence-electron chi connectivity index (χ0n) is 12.6. The molecule has 2 aromatic carbocycles. The van der Waals surface area contributed by atoms with Crippen molar-refractivity contribution in [3.8, 4) is 11.5 Å². The number of halogens is 2. The molecule has 0 heterocycles. The van der Waals surface area contributed by atoms with E-state index in [0.29, 0.717) is 16.5 Å². The van der Waals surface area contributed by atoms with E-state index in [1.54, 1.807) is 18.2 Å². The standard InChI is InChI=1S/C17H16BrClO3/c1-10-8-14(4-5-15(10)19)22-16(20)9-21-17-11(2)6-13(18)7-12(17)3/h4-8H,9H2,1-3H3. The van der Waals surface area contributed by atoms with E-state index in [-0.39, 0.29) is 6.61 Å². The Morgan fingerprint density at radius 1 is 1.09 bits per heavy atom. The summed E-state index contributed by atoms with van der Waals surface area (Å²) in [5, 5.41) is 0.636. The summed E-state index contributed by atoms with van der Waals surface area (Å²) in [7, 11) is 0. The van der Waals surface area contributed by atoms with Crippen molar-refractivity contribution < 1.29 is 14.3 Å². The van der Waals surface area contributed by atoms with Crippen molar-refractivity contribution in [3.63, 3.8) is 0 Å². The lowest BCUT2D eigenvalue weighted by atomic mass is 10.1. The molecule has 22 heavy (non-hydrogen) atoms. The number of benzene rings is 2. The molecule has 116 valence electrons. The van der Waals surface area contributed by atoms with Crippen LogP contribution >= 0.6 is 27.5 Å². The average molecular weight is 384 g/mol. The summed E-state index contributed by atoms with van der Waals surface area (Å²) in [5.41, 5.74) is 2.77. The summed E-state index contributed by atoms with van der Waals surface area (Å²) >= 11 is 9.36. The second-order valence-corrected chi connectivity index (χ2v) is 6.37. The number of hydrogen-bond acceptors (Lipinski definition) is 3. The molecule has 0 N–H and O–H groups in total. The molecule has 0 saturated heterocycles. The fraction of sp³-hybridized carbons (Fsp3) is 0.235. The Kier molecular flexibility index (Phi) is 5.48. The maximum absolute atomic E-state index is 11.9. The number of ether oxygens (including phenoxy) is 2. The molecule has 5 heteroatoms. The lowest BCUT2D eigenvalue weighted by Gasteiger charge is -2.12. The number of aryl methyl sites for hydroxylation is 3. The average Bonchev–Trinajstić information content (AvgIpc) is 2.41. The lowest BCUT2D eigenvalue weighted by molar-refractivity contribution is -0.136. The molecule has 0 spiro atoms. The Hall–Kier alpha value is -1.52. The van der Waals surface area contributed by atoms with Gasteiger partial charge in [-0.2, -0.15) is 0 Å². The number of rotatable bonds is 4. The van der Waals surface area contributed by atoms with Gasteiger partial charge in [-0.25, -0.2) is 4.79 Å². The summed E-state index contributed by atoms with van der Waals surface area (Å²) in [4.78, 5) is 11.9. The quantitative estimate of drug-likeness (QED) is 0.550. The summed E-state index contributed by atoms with van der Waals surface area (Å²) in [6.07, 6.45) is 0. The minimum Gasteiger partial charge on any atom is -0.481 e. The van der Waals surface area contributed by atoms with Gasteiger partial charge in [0.25, 0.3) is 0 Å². The van der Waals surface area contributed by atoms with Gasteiger partial charge >= 0.3 is 5.97 Å². The van der Waals surface area contributed by atoms with Crippen molar-refractivity contribution in [1.29, 1.82) is 0 Å². The van der Waals surface area contributed by atoms with E-state index in [0.717, 1.165) is 21.2 Å². The minimum atomic E-state index is -0.455. The van der Waals surface area contributed by atoms with Crippen molar-refractivity contribution in [2.75, 3.05) is 6.61 Å². The highest BCUT2D eigenvalue weighted by Gasteiger charge is 2.11. The smallest absolute Gasteiger partial charge is 0.349 e. The van der Waals surface area contributed by atoms with E-state index in [1.165, 1.54) is 0 Å². The number of carbonyl (C=O) groups is 1. The minimum absolute atomic E-state index is 0.148. The molecule has 2 rings (SSSR count). The van der Waals surface area contributed by atoms with Gasteiger partial charge < -0.3 is 9.47 Å². The van der Waals surface area contributed by atoms with Gasteiger partial charge in [0.05, 0.1) is 0 Å². The monoisotopic (exact) mass is 382 g/mol. The van der Waals surface area contributed by atoms with Crippen molar-refractivity contribution >= 4 is 33.5 Å².